The van der Waals surface area contributed by atoms with Crippen molar-refractivity contribution in [1.82, 2.24) is 5.32 Å². The Morgan fingerprint density at radius 1 is 1.44 bits per heavy atom. The SMILES string of the molecule is CNC(=O)CSc1ccc(CN)cc1C(F)(F)F. The third-order valence-electron chi connectivity index (χ3n) is 2.22. The van der Waals surface area contributed by atoms with E-state index in [1.807, 2.05) is 0 Å². The number of amides is 1. The van der Waals surface area contributed by atoms with E-state index >= 15 is 0 Å². The van der Waals surface area contributed by atoms with Crippen molar-refractivity contribution in [3.05, 3.63) is 29.3 Å². The van der Waals surface area contributed by atoms with Crippen LogP contribution in [-0.4, -0.2) is 18.7 Å². The highest BCUT2D eigenvalue weighted by Gasteiger charge is 2.33. The number of halogens is 3. The Morgan fingerprint density at radius 3 is 2.61 bits per heavy atom. The van der Waals surface area contributed by atoms with E-state index in [9.17, 15) is 18.0 Å². The fraction of sp³-hybridized carbons (Fsp3) is 0.364. The molecule has 0 unspecified atom stereocenters. The van der Waals surface area contributed by atoms with Gasteiger partial charge in [0.2, 0.25) is 5.91 Å². The zero-order chi connectivity index (χ0) is 13.8. The molecule has 0 radical (unpaired) electrons. The summed E-state index contributed by atoms with van der Waals surface area (Å²) in [6.45, 7) is 0.0451. The van der Waals surface area contributed by atoms with Crippen LogP contribution in [0.3, 0.4) is 0 Å². The number of carbonyl (C=O) groups excluding carboxylic acids is 1. The summed E-state index contributed by atoms with van der Waals surface area (Å²) in [5.74, 6) is -0.377. The number of rotatable bonds is 4. The standard InChI is InChI=1S/C11H13F3N2OS/c1-16-10(17)6-18-9-3-2-7(5-15)4-8(9)11(12,13)14/h2-4H,5-6,15H2,1H3,(H,16,17). The first-order valence-corrected chi connectivity index (χ1v) is 6.10. The van der Waals surface area contributed by atoms with Crippen molar-refractivity contribution in [3.8, 4) is 0 Å². The van der Waals surface area contributed by atoms with Crippen LogP contribution in [0.15, 0.2) is 23.1 Å². The second-order valence-corrected chi connectivity index (χ2v) is 4.51. The van der Waals surface area contributed by atoms with Crippen molar-refractivity contribution >= 4 is 17.7 Å². The number of thioether (sulfide) groups is 1. The third kappa shape index (κ3) is 3.92. The molecule has 1 aromatic carbocycles. The van der Waals surface area contributed by atoms with E-state index in [0.29, 0.717) is 5.56 Å². The van der Waals surface area contributed by atoms with E-state index in [4.69, 9.17) is 5.73 Å². The Balaban J connectivity index is 2.99. The molecular weight excluding hydrogens is 265 g/mol. The predicted molar refractivity (Wildman–Crippen MR) is 64.1 cm³/mol. The molecule has 0 aromatic heterocycles. The molecule has 0 spiro atoms. The lowest BCUT2D eigenvalue weighted by Crippen LogP contribution is -2.20. The predicted octanol–water partition coefficient (Wildman–Crippen LogP) is 2.00. The molecule has 0 aliphatic heterocycles. The molecule has 7 heteroatoms. The Hall–Kier alpha value is -1.21. The number of alkyl halides is 3. The van der Waals surface area contributed by atoms with Gasteiger partial charge >= 0.3 is 6.18 Å². The van der Waals surface area contributed by atoms with Gasteiger partial charge in [0.05, 0.1) is 11.3 Å². The quantitative estimate of drug-likeness (QED) is 0.828. The summed E-state index contributed by atoms with van der Waals surface area (Å²) in [6.07, 6.45) is -4.45. The molecule has 1 rings (SSSR count). The van der Waals surface area contributed by atoms with Crippen LogP contribution in [0, 0.1) is 0 Å². The van der Waals surface area contributed by atoms with Crippen LogP contribution < -0.4 is 11.1 Å². The lowest BCUT2D eigenvalue weighted by Gasteiger charge is -2.13. The molecular formula is C11H13F3N2OS. The summed E-state index contributed by atoms with van der Waals surface area (Å²) in [5, 5.41) is 2.35. The average Bonchev–Trinajstić information content (AvgIpc) is 2.34. The van der Waals surface area contributed by atoms with Gasteiger partial charge in [-0.15, -0.1) is 11.8 Å². The number of carbonyl (C=O) groups is 1. The van der Waals surface area contributed by atoms with Crippen molar-refractivity contribution in [1.29, 1.82) is 0 Å². The molecule has 100 valence electrons. The summed E-state index contributed by atoms with van der Waals surface area (Å²) >= 11 is 0.853. The van der Waals surface area contributed by atoms with Crippen LogP contribution in [-0.2, 0) is 17.5 Å². The van der Waals surface area contributed by atoms with Crippen molar-refractivity contribution in [3.63, 3.8) is 0 Å². The average molecular weight is 278 g/mol. The Kier molecular flexibility index (Phi) is 5.03. The number of benzene rings is 1. The van der Waals surface area contributed by atoms with E-state index in [1.165, 1.54) is 19.2 Å². The zero-order valence-corrected chi connectivity index (χ0v) is 10.5. The van der Waals surface area contributed by atoms with Gasteiger partial charge in [-0.05, 0) is 17.7 Å². The second-order valence-electron chi connectivity index (χ2n) is 3.49. The summed E-state index contributed by atoms with van der Waals surface area (Å²) in [4.78, 5) is 11.1. The van der Waals surface area contributed by atoms with Crippen LogP contribution in [0.4, 0.5) is 13.2 Å². The topological polar surface area (TPSA) is 55.1 Å². The molecule has 0 aliphatic carbocycles. The van der Waals surface area contributed by atoms with Gasteiger partial charge in [-0.1, -0.05) is 6.07 Å². The van der Waals surface area contributed by atoms with Crippen molar-refractivity contribution in [2.24, 2.45) is 5.73 Å². The third-order valence-corrected chi connectivity index (χ3v) is 3.30. The maximum Gasteiger partial charge on any atom is 0.417 e. The normalized spacial score (nSPS) is 11.4. The minimum Gasteiger partial charge on any atom is -0.358 e. The lowest BCUT2D eigenvalue weighted by atomic mass is 10.1. The highest BCUT2D eigenvalue weighted by Crippen LogP contribution is 2.37. The maximum absolute atomic E-state index is 12.8. The molecule has 0 atom stereocenters. The van der Waals surface area contributed by atoms with Crippen LogP contribution in [0.25, 0.3) is 0 Å². The van der Waals surface area contributed by atoms with Gasteiger partial charge in [-0.3, -0.25) is 4.79 Å². The highest BCUT2D eigenvalue weighted by atomic mass is 32.2. The molecule has 0 bridgehead atoms. The first kappa shape index (κ1) is 14.8. The molecule has 0 aliphatic rings. The summed E-state index contributed by atoms with van der Waals surface area (Å²) < 4.78 is 38.4. The monoisotopic (exact) mass is 278 g/mol. The van der Waals surface area contributed by atoms with Crippen molar-refractivity contribution in [2.75, 3.05) is 12.8 Å². The molecule has 3 N–H and O–H groups in total. The fourth-order valence-electron chi connectivity index (χ4n) is 1.27. The van der Waals surface area contributed by atoms with Gasteiger partial charge in [-0.2, -0.15) is 13.2 Å². The fourth-order valence-corrected chi connectivity index (χ4v) is 2.19. The van der Waals surface area contributed by atoms with E-state index in [1.54, 1.807) is 0 Å². The molecule has 18 heavy (non-hydrogen) atoms. The smallest absolute Gasteiger partial charge is 0.358 e. The van der Waals surface area contributed by atoms with Crippen LogP contribution >= 0.6 is 11.8 Å². The summed E-state index contributed by atoms with van der Waals surface area (Å²) in [6, 6.07) is 3.90. The molecule has 0 heterocycles. The molecule has 1 aromatic rings. The van der Waals surface area contributed by atoms with Gasteiger partial charge in [0, 0.05) is 18.5 Å². The van der Waals surface area contributed by atoms with Gasteiger partial charge in [-0.25, -0.2) is 0 Å². The van der Waals surface area contributed by atoms with Gasteiger partial charge in [0.25, 0.3) is 0 Å². The molecule has 0 saturated heterocycles. The Morgan fingerprint density at radius 2 is 2.11 bits per heavy atom. The van der Waals surface area contributed by atoms with E-state index < -0.39 is 11.7 Å². The highest BCUT2D eigenvalue weighted by molar-refractivity contribution is 8.00. The zero-order valence-electron chi connectivity index (χ0n) is 9.67. The summed E-state index contributed by atoms with van der Waals surface area (Å²) in [7, 11) is 1.44. The van der Waals surface area contributed by atoms with Gasteiger partial charge in [0.1, 0.15) is 0 Å². The van der Waals surface area contributed by atoms with Crippen molar-refractivity contribution < 1.29 is 18.0 Å². The first-order valence-electron chi connectivity index (χ1n) is 5.12. The molecule has 0 fully saturated rings. The first-order chi connectivity index (χ1) is 8.38. The second kappa shape index (κ2) is 6.10. The Bertz CT molecular complexity index is 435. The maximum atomic E-state index is 12.8. The largest absolute Gasteiger partial charge is 0.417 e. The van der Waals surface area contributed by atoms with E-state index in [0.717, 1.165) is 17.8 Å². The molecule has 3 nitrogen and oxygen atoms in total. The number of hydrogen-bond acceptors (Lipinski definition) is 3. The van der Waals surface area contributed by atoms with E-state index in [2.05, 4.69) is 5.32 Å². The van der Waals surface area contributed by atoms with Gasteiger partial charge in [0.15, 0.2) is 0 Å². The van der Waals surface area contributed by atoms with Crippen molar-refractivity contribution in [2.45, 2.75) is 17.6 Å². The number of nitrogens with one attached hydrogen (secondary N) is 1. The van der Waals surface area contributed by atoms with Gasteiger partial charge < -0.3 is 11.1 Å². The molecule has 1 amide bonds. The number of nitrogens with two attached hydrogens (primary N) is 1. The lowest BCUT2D eigenvalue weighted by molar-refractivity contribution is -0.139. The summed E-state index contributed by atoms with van der Waals surface area (Å²) in [5.41, 5.74) is 4.98. The Labute approximate surface area is 107 Å². The minimum atomic E-state index is -4.45. The van der Waals surface area contributed by atoms with Crippen LogP contribution in [0.2, 0.25) is 0 Å². The van der Waals surface area contributed by atoms with E-state index in [-0.39, 0.29) is 23.1 Å². The molecule has 0 saturated carbocycles. The van der Waals surface area contributed by atoms with Crippen LogP contribution in [0.1, 0.15) is 11.1 Å². The van der Waals surface area contributed by atoms with Crippen LogP contribution in [0.5, 0.6) is 0 Å². The minimum absolute atomic E-state index is 0.0308. The number of hydrogen-bond donors (Lipinski definition) is 2.